The molecule has 0 aromatic carbocycles. The van der Waals surface area contributed by atoms with Crippen molar-refractivity contribution in [2.24, 2.45) is 5.41 Å². The van der Waals surface area contributed by atoms with Crippen molar-refractivity contribution in [1.29, 1.82) is 0 Å². The summed E-state index contributed by atoms with van der Waals surface area (Å²) in [6.07, 6.45) is 9.23. The standard InChI is InChI=1S/C19H27N5O/c1-4-16(25)24-11-5-7-19(2,9-13-24)8-12-23(3)18-15-6-10-20-17(15)21-14-22-18/h4,6,10,14H,1,5,7-9,11-13H2,2-3H3,(H,20,21,22)/t19-/m1/s1. The number of nitrogens with zero attached hydrogens (tertiary/aromatic N) is 4. The summed E-state index contributed by atoms with van der Waals surface area (Å²) in [5.74, 6) is 1.02. The van der Waals surface area contributed by atoms with E-state index in [-0.39, 0.29) is 11.3 Å². The molecule has 6 heteroatoms. The SMILES string of the molecule is C=CC(=O)N1CCC[C@](C)(CCN(C)c2ncnc3[nH]ccc23)CC1. The Hall–Kier alpha value is -2.37. The molecule has 3 heterocycles. The summed E-state index contributed by atoms with van der Waals surface area (Å²) in [6.45, 7) is 8.54. The average molecular weight is 341 g/mol. The Bertz CT molecular complexity index is 755. The second-order valence-corrected chi connectivity index (χ2v) is 7.30. The normalized spacial score (nSPS) is 21.1. The number of carbonyl (C=O) groups excluding carboxylic acids is 1. The number of aromatic nitrogens is 3. The number of hydrogen-bond donors (Lipinski definition) is 1. The summed E-state index contributed by atoms with van der Waals surface area (Å²) in [4.78, 5) is 27.8. The average Bonchev–Trinajstić information content (AvgIpc) is 3.02. The number of rotatable bonds is 5. The van der Waals surface area contributed by atoms with Crippen molar-refractivity contribution < 1.29 is 4.79 Å². The summed E-state index contributed by atoms with van der Waals surface area (Å²) in [7, 11) is 2.09. The summed E-state index contributed by atoms with van der Waals surface area (Å²) in [5, 5.41) is 1.05. The van der Waals surface area contributed by atoms with Gasteiger partial charge in [0.15, 0.2) is 0 Å². The second-order valence-electron chi connectivity index (χ2n) is 7.30. The van der Waals surface area contributed by atoms with Gasteiger partial charge in [0, 0.05) is 32.9 Å². The molecule has 1 fully saturated rings. The summed E-state index contributed by atoms with van der Waals surface area (Å²) in [6, 6.07) is 2.02. The molecule has 6 nitrogen and oxygen atoms in total. The van der Waals surface area contributed by atoms with Crippen LogP contribution in [0.5, 0.6) is 0 Å². The first-order chi connectivity index (χ1) is 12.0. The molecule has 0 aliphatic carbocycles. The maximum atomic E-state index is 11.9. The predicted molar refractivity (Wildman–Crippen MR) is 101 cm³/mol. The molecular weight excluding hydrogens is 314 g/mol. The molecule has 3 rings (SSSR count). The van der Waals surface area contributed by atoms with Crippen molar-refractivity contribution in [1.82, 2.24) is 19.9 Å². The largest absolute Gasteiger partial charge is 0.359 e. The van der Waals surface area contributed by atoms with Gasteiger partial charge in [-0.25, -0.2) is 9.97 Å². The van der Waals surface area contributed by atoms with Crippen molar-refractivity contribution in [2.75, 3.05) is 31.6 Å². The smallest absolute Gasteiger partial charge is 0.245 e. The van der Waals surface area contributed by atoms with Gasteiger partial charge >= 0.3 is 0 Å². The quantitative estimate of drug-likeness (QED) is 0.849. The third-order valence-corrected chi connectivity index (χ3v) is 5.43. The van der Waals surface area contributed by atoms with E-state index in [1.54, 1.807) is 6.33 Å². The zero-order chi connectivity index (χ0) is 17.9. The lowest BCUT2D eigenvalue weighted by molar-refractivity contribution is -0.126. The van der Waals surface area contributed by atoms with E-state index in [0.29, 0.717) is 0 Å². The van der Waals surface area contributed by atoms with Crippen LogP contribution in [-0.2, 0) is 4.79 Å². The van der Waals surface area contributed by atoms with Crippen LogP contribution in [0.2, 0.25) is 0 Å². The van der Waals surface area contributed by atoms with E-state index in [2.05, 4.69) is 40.4 Å². The molecule has 0 spiro atoms. The van der Waals surface area contributed by atoms with Gasteiger partial charge in [-0.2, -0.15) is 0 Å². The highest BCUT2D eigenvalue weighted by Gasteiger charge is 2.29. The van der Waals surface area contributed by atoms with E-state index in [1.165, 1.54) is 6.08 Å². The van der Waals surface area contributed by atoms with Crippen molar-refractivity contribution in [2.45, 2.75) is 32.6 Å². The summed E-state index contributed by atoms with van der Waals surface area (Å²) in [5.41, 5.74) is 1.12. The number of amides is 1. The molecule has 0 unspecified atom stereocenters. The minimum Gasteiger partial charge on any atom is -0.359 e. The highest BCUT2D eigenvalue weighted by molar-refractivity contribution is 5.87. The highest BCUT2D eigenvalue weighted by atomic mass is 16.2. The molecule has 134 valence electrons. The number of fused-ring (bicyclic) bond motifs is 1. The van der Waals surface area contributed by atoms with Crippen molar-refractivity contribution in [3.05, 3.63) is 31.2 Å². The molecule has 1 N–H and O–H groups in total. The van der Waals surface area contributed by atoms with Gasteiger partial charge in [0.25, 0.3) is 0 Å². The van der Waals surface area contributed by atoms with Crippen LogP contribution in [0.25, 0.3) is 11.0 Å². The highest BCUT2D eigenvalue weighted by Crippen LogP contribution is 2.35. The predicted octanol–water partition coefficient (Wildman–Crippen LogP) is 2.99. The first kappa shape index (κ1) is 17.5. The monoisotopic (exact) mass is 341 g/mol. The van der Waals surface area contributed by atoms with Gasteiger partial charge in [-0.3, -0.25) is 4.79 Å². The van der Waals surface area contributed by atoms with Gasteiger partial charge in [-0.15, -0.1) is 0 Å². The lowest BCUT2D eigenvalue weighted by Gasteiger charge is -2.31. The van der Waals surface area contributed by atoms with Crippen molar-refractivity contribution >= 4 is 22.8 Å². The Balaban J connectivity index is 1.63. The zero-order valence-electron chi connectivity index (χ0n) is 15.2. The Labute approximate surface area is 148 Å². The Morgan fingerprint density at radius 3 is 3.08 bits per heavy atom. The van der Waals surface area contributed by atoms with Crippen LogP contribution < -0.4 is 4.90 Å². The van der Waals surface area contributed by atoms with E-state index in [1.807, 2.05) is 17.2 Å². The third-order valence-electron chi connectivity index (χ3n) is 5.43. The number of hydrogen-bond acceptors (Lipinski definition) is 4. The fourth-order valence-electron chi connectivity index (χ4n) is 3.64. The Morgan fingerprint density at radius 1 is 1.44 bits per heavy atom. The number of nitrogens with one attached hydrogen (secondary N) is 1. The molecule has 1 amide bonds. The molecule has 2 aromatic rings. The minimum atomic E-state index is 0.0530. The van der Waals surface area contributed by atoms with Crippen LogP contribution in [-0.4, -0.2) is 52.4 Å². The van der Waals surface area contributed by atoms with E-state index >= 15 is 0 Å². The van der Waals surface area contributed by atoms with Crippen LogP contribution in [0.3, 0.4) is 0 Å². The molecule has 25 heavy (non-hydrogen) atoms. The Morgan fingerprint density at radius 2 is 2.28 bits per heavy atom. The molecule has 2 aromatic heterocycles. The number of H-pyrrole nitrogens is 1. The lowest BCUT2D eigenvalue weighted by atomic mass is 9.79. The van der Waals surface area contributed by atoms with Crippen molar-refractivity contribution in [3.63, 3.8) is 0 Å². The van der Waals surface area contributed by atoms with E-state index < -0.39 is 0 Å². The van der Waals surface area contributed by atoms with Crippen molar-refractivity contribution in [3.8, 4) is 0 Å². The maximum absolute atomic E-state index is 11.9. The van der Waals surface area contributed by atoms with Crippen LogP contribution in [0, 0.1) is 5.41 Å². The fourth-order valence-corrected chi connectivity index (χ4v) is 3.64. The summed E-state index contributed by atoms with van der Waals surface area (Å²) >= 11 is 0. The first-order valence-corrected chi connectivity index (χ1v) is 8.93. The zero-order valence-corrected chi connectivity index (χ0v) is 15.2. The number of aromatic amines is 1. The topological polar surface area (TPSA) is 65.1 Å². The Kier molecular flexibility index (Phi) is 5.06. The molecule has 1 aliphatic heterocycles. The fraction of sp³-hybridized carbons (Fsp3) is 0.526. The molecule has 0 saturated carbocycles. The number of carbonyl (C=O) groups is 1. The maximum Gasteiger partial charge on any atom is 0.245 e. The first-order valence-electron chi connectivity index (χ1n) is 8.93. The van der Waals surface area contributed by atoms with E-state index in [9.17, 15) is 4.79 Å². The van der Waals surface area contributed by atoms with Crippen LogP contribution in [0.1, 0.15) is 32.6 Å². The van der Waals surface area contributed by atoms with Gasteiger partial charge in [0.1, 0.15) is 17.8 Å². The number of likely N-dealkylation sites (tertiary alicyclic amines) is 1. The van der Waals surface area contributed by atoms with Gasteiger partial charge in [0.2, 0.25) is 5.91 Å². The molecule has 0 radical (unpaired) electrons. The van der Waals surface area contributed by atoms with E-state index in [4.69, 9.17) is 0 Å². The molecule has 1 saturated heterocycles. The van der Waals surface area contributed by atoms with Gasteiger partial charge in [0.05, 0.1) is 5.39 Å². The van der Waals surface area contributed by atoms with E-state index in [0.717, 1.165) is 62.2 Å². The van der Waals surface area contributed by atoms with Crippen LogP contribution in [0.4, 0.5) is 5.82 Å². The number of anilines is 1. The van der Waals surface area contributed by atoms with Crippen LogP contribution >= 0.6 is 0 Å². The second kappa shape index (κ2) is 7.25. The molecular formula is C19H27N5O. The molecule has 1 aliphatic rings. The molecule has 1 atom stereocenters. The van der Waals surface area contributed by atoms with Crippen LogP contribution in [0.15, 0.2) is 31.2 Å². The minimum absolute atomic E-state index is 0.0530. The van der Waals surface area contributed by atoms with Gasteiger partial charge < -0.3 is 14.8 Å². The summed E-state index contributed by atoms with van der Waals surface area (Å²) < 4.78 is 0. The third kappa shape index (κ3) is 3.83. The van der Waals surface area contributed by atoms with Gasteiger partial charge in [-0.05, 0) is 43.2 Å². The molecule has 0 bridgehead atoms. The lowest BCUT2D eigenvalue weighted by Crippen LogP contribution is -2.31. The van der Waals surface area contributed by atoms with Gasteiger partial charge in [-0.1, -0.05) is 13.5 Å².